The monoisotopic (exact) mass is 317 g/mol. The molecular weight excluding hydrogens is 302 g/mol. The minimum atomic E-state index is -0.289. The molecule has 0 bridgehead atoms. The Kier molecular flexibility index (Phi) is 5.02. The van der Waals surface area contributed by atoms with E-state index >= 15 is 0 Å². The maximum atomic E-state index is 12.1. The van der Waals surface area contributed by atoms with Crippen LogP contribution in [0.1, 0.15) is 36.2 Å². The van der Waals surface area contributed by atoms with Gasteiger partial charge >= 0.3 is 0 Å². The zero-order valence-corrected chi connectivity index (χ0v) is 12.7. The third kappa shape index (κ3) is 4.32. The average molecular weight is 319 g/mol. The molecule has 0 saturated carbocycles. The fourth-order valence-electron chi connectivity index (χ4n) is 1.48. The van der Waals surface area contributed by atoms with E-state index in [2.05, 4.69) is 21.2 Å². The Morgan fingerprint density at radius 3 is 2.65 bits per heavy atom. The second kappa shape index (κ2) is 5.87. The summed E-state index contributed by atoms with van der Waals surface area (Å²) in [5, 5.41) is 2.98. The van der Waals surface area contributed by atoms with E-state index in [0.717, 1.165) is 16.5 Å². The van der Waals surface area contributed by atoms with Gasteiger partial charge in [-0.25, -0.2) is 0 Å². The average Bonchev–Trinajstić information content (AvgIpc) is 2.15. The first-order chi connectivity index (χ1) is 7.85. The molecule has 0 fully saturated rings. The summed E-state index contributed by atoms with van der Waals surface area (Å²) in [7, 11) is 0. The van der Waals surface area contributed by atoms with Crippen molar-refractivity contribution in [1.29, 1.82) is 0 Å². The molecule has 1 N–H and O–H groups in total. The van der Waals surface area contributed by atoms with Gasteiger partial charge in [0.1, 0.15) is 0 Å². The van der Waals surface area contributed by atoms with Gasteiger partial charge in [-0.2, -0.15) is 0 Å². The van der Waals surface area contributed by atoms with Crippen LogP contribution in [0.15, 0.2) is 22.7 Å². The Morgan fingerprint density at radius 2 is 2.12 bits per heavy atom. The summed E-state index contributed by atoms with van der Waals surface area (Å²) < 4.78 is 0.816. The van der Waals surface area contributed by atoms with E-state index in [-0.39, 0.29) is 11.4 Å². The van der Waals surface area contributed by atoms with Crippen molar-refractivity contribution in [1.82, 2.24) is 5.32 Å². The quantitative estimate of drug-likeness (QED) is 0.838. The van der Waals surface area contributed by atoms with E-state index in [4.69, 9.17) is 11.6 Å². The first-order valence-corrected chi connectivity index (χ1v) is 6.83. The lowest BCUT2D eigenvalue weighted by atomic mass is 10.0. The summed E-state index contributed by atoms with van der Waals surface area (Å²) in [6, 6.07) is 5.68. The topological polar surface area (TPSA) is 29.1 Å². The van der Waals surface area contributed by atoms with Crippen LogP contribution in [-0.4, -0.2) is 17.3 Å². The molecule has 0 aliphatic heterocycles. The number of aryl methyl sites for hydroxylation is 1. The number of carbonyl (C=O) groups excluding carboxylic acids is 1. The summed E-state index contributed by atoms with van der Waals surface area (Å²) in [5.74, 6) is 0.453. The Morgan fingerprint density at radius 1 is 1.47 bits per heavy atom. The molecule has 0 aliphatic rings. The van der Waals surface area contributed by atoms with E-state index < -0.39 is 0 Å². The SMILES string of the molecule is Cc1ccc(C(=O)NC(C)(C)CCCl)c(Br)c1. The van der Waals surface area contributed by atoms with Crippen molar-refractivity contribution in [2.45, 2.75) is 32.7 Å². The van der Waals surface area contributed by atoms with E-state index in [1.807, 2.05) is 39.0 Å². The lowest BCUT2D eigenvalue weighted by molar-refractivity contribution is 0.0911. The van der Waals surface area contributed by atoms with Gasteiger partial charge in [0.2, 0.25) is 0 Å². The third-order valence-corrected chi connectivity index (χ3v) is 3.39. The van der Waals surface area contributed by atoms with Crippen LogP contribution in [0.2, 0.25) is 0 Å². The molecule has 0 aromatic heterocycles. The molecule has 1 aromatic carbocycles. The molecule has 0 atom stereocenters. The van der Waals surface area contributed by atoms with Crippen LogP contribution < -0.4 is 5.32 Å². The van der Waals surface area contributed by atoms with Crippen molar-refractivity contribution in [2.24, 2.45) is 0 Å². The van der Waals surface area contributed by atoms with Gasteiger partial charge in [0.15, 0.2) is 0 Å². The highest BCUT2D eigenvalue weighted by Gasteiger charge is 2.21. The Hall–Kier alpha value is -0.540. The fraction of sp³-hybridized carbons (Fsp3) is 0.462. The zero-order chi connectivity index (χ0) is 13.1. The normalized spacial score (nSPS) is 11.4. The molecule has 2 nitrogen and oxygen atoms in total. The summed E-state index contributed by atoms with van der Waals surface area (Å²) in [5.41, 5.74) is 1.48. The number of rotatable bonds is 4. The number of hydrogen-bond donors (Lipinski definition) is 1. The molecule has 1 aromatic rings. The van der Waals surface area contributed by atoms with Crippen LogP contribution in [0.4, 0.5) is 0 Å². The van der Waals surface area contributed by atoms with Crippen LogP contribution in [0, 0.1) is 6.92 Å². The highest BCUT2D eigenvalue weighted by atomic mass is 79.9. The highest BCUT2D eigenvalue weighted by molar-refractivity contribution is 9.10. The molecule has 0 radical (unpaired) electrons. The number of hydrogen-bond acceptors (Lipinski definition) is 1. The van der Waals surface area contributed by atoms with Gasteiger partial charge in [-0.3, -0.25) is 4.79 Å². The van der Waals surface area contributed by atoms with Crippen molar-refractivity contribution >= 4 is 33.4 Å². The molecule has 4 heteroatoms. The predicted octanol–water partition coefficient (Wildman–Crippen LogP) is 3.89. The molecule has 0 unspecified atom stereocenters. The molecule has 0 spiro atoms. The second-order valence-electron chi connectivity index (χ2n) is 4.76. The number of carbonyl (C=O) groups is 1. The number of alkyl halides is 1. The van der Waals surface area contributed by atoms with Crippen LogP contribution in [-0.2, 0) is 0 Å². The van der Waals surface area contributed by atoms with Crippen LogP contribution in [0.3, 0.4) is 0 Å². The summed E-state index contributed by atoms with van der Waals surface area (Å²) in [6.07, 6.45) is 0.740. The molecule has 1 amide bonds. The first kappa shape index (κ1) is 14.5. The van der Waals surface area contributed by atoms with E-state index in [1.54, 1.807) is 0 Å². The van der Waals surface area contributed by atoms with Gasteiger partial charge in [0.05, 0.1) is 5.56 Å². The predicted molar refractivity (Wildman–Crippen MR) is 75.8 cm³/mol. The van der Waals surface area contributed by atoms with Crippen molar-refractivity contribution < 1.29 is 4.79 Å². The molecular formula is C13H17BrClNO. The summed E-state index contributed by atoms with van der Waals surface area (Å²) >= 11 is 9.11. The maximum absolute atomic E-state index is 12.1. The van der Waals surface area contributed by atoms with Crippen molar-refractivity contribution in [3.8, 4) is 0 Å². The number of nitrogens with one attached hydrogen (secondary N) is 1. The van der Waals surface area contributed by atoms with E-state index in [0.29, 0.717) is 11.4 Å². The van der Waals surface area contributed by atoms with Crippen LogP contribution >= 0.6 is 27.5 Å². The highest BCUT2D eigenvalue weighted by Crippen LogP contribution is 2.19. The zero-order valence-electron chi connectivity index (χ0n) is 10.3. The Balaban J connectivity index is 2.83. The minimum absolute atomic E-state index is 0.0769. The number of halogens is 2. The lowest BCUT2D eigenvalue weighted by Crippen LogP contribution is -2.43. The van der Waals surface area contributed by atoms with Crippen molar-refractivity contribution in [3.63, 3.8) is 0 Å². The lowest BCUT2D eigenvalue weighted by Gasteiger charge is -2.25. The van der Waals surface area contributed by atoms with Crippen molar-refractivity contribution in [3.05, 3.63) is 33.8 Å². The van der Waals surface area contributed by atoms with Gasteiger partial charge in [-0.1, -0.05) is 6.07 Å². The Bertz CT molecular complexity index is 418. The maximum Gasteiger partial charge on any atom is 0.252 e. The standard InChI is InChI=1S/C13H17BrClNO/c1-9-4-5-10(11(14)8-9)12(17)16-13(2,3)6-7-15/h4-5,8H,6-7H2,1-3H3,(H,16,17). The number of benzene rings is 1. The van der Waals surface area contributed by atoms with Gasteiger partial charge in [-0.15, -0.1) is 11.6 Å². The molecule has 0 saturated heterocycles. The molecule has 17 heavy (non-hydrogen) atoms. The first-order valence-electron chi connectivity index (χ1n) is 5.50. The Labute approximate surface area is 116 Å². The summed E-state index contributed by atoms with van der Waals surface area (Å²) in [6.45, 7) is 5.93. The van der Waals surface area contributed by atoms with Gasteiger partial charge in [0.25, 0.3) is 5.91 Å². The smallest absolute Gasteiger partial charge is 0.252 e. The molecule has 1 rings (SSSR count). The third-order valence-electron chi connectivity index (χ3n) is 2.54. The minimum Gasteiger partial charge on any atom is -0.347 e. The fourth-order valence-corrected chi connectivity index (χ4v) is 2.62. The molecule has 0 heterocycles. The largest absolute Gasteiger partial charge is 0.347 e. The number of amides is 1. The molecule has 0 aliphatic carbocycles. The summed E-state index contributed by atoms with van der Waals surface area (Å²) in [4.78, 5) is 12.1. The molecule has 94 valence electrons. The van der Waals surface area contributed by atoms with Crippen molar-refractivity contribution in [2.75, 3.05) is 5.88 Å². The van der Waals surface area contributed by atoms with E-state index in [1.165, 1.54) is 0 Å². The van der Waals surface area contributed by atoms with Gasteiger partial charge < -0.3 is 5.32 Å². The van der Waals surface area contributed by atoms with Gasteiger partial charge in [0, 0.05) is 15.9 Å². The second-order valence-corrected chi connectivity index (χ2v) is 5.99. The van der Waals surface area contributed by atoms with E-state index in [9.17, 15) is 4.79 Å². The van der Waals surface area contributed by atoms with Crippen LogP contribution in [0.5, 0.6) is 0 Å². The van der Waals surface area contributed by atoms with Gasteiger partial charge in [-0.05, 0) is 60.8 Å². The van der Waals surface area contributed by atoms with Crippen LogP contribution in [0.25, 0.3) is 0 Å².